The highest BCUT2D eigenvalue weighted by Crippen LogP contribution is 2.23. The van der Waals surface area contributed by atoms with Crippen LogP contribution in [0.5, 0.6) is 0 Å². The molecule has 0 aliphatic rings. The average Bonchev–Trinajstić information content (AvgIpc) is 3.05. The molecule has 0 saturated heterocycles. The number of aromatic nitrogens is 1. The lowest BCUT2D eigenvalue weighted by Gasteiger charge is -2.11. The summed E-state index contributed by atoms with van der Waals surface area (Å²) < 4.78 is 27.0. The molecule has 2 N–H and O–H groups in total. The van der Waals surface area contributed by atoms with Crippen LogP contribution in [-0.4, -0.2) is 25.1 Å². The number of sulfonamides is 1. The van der Waals surface area contributed by atoms with E-state index < -0.39 is 10.0 Å². The maximum atomic E-state index is 12.2. The van der Waals surface area contributed by atoms with Gasteiger partial charge in [0.2, 0.25) is 15.9 Å². The molecule has 3 aromatic rings. The second-order valence-electron chi connectivity index (χ2n) is 6.16. The first-order valence-corrected chi connectivity index (χ1v) is 11.1. The topological polar surface area (TPSA) is 88.2 Å². The van der Waals surface area contributed by atoms with E-state index in [1.165, 1.54) is 0 Å². The predicted octanol–water partition coefficient (Wildman–Crippen LogP) is 3.94. The van der Waals surface area contributed by atoms with E-state index in [1.54, 1.807) is 43.4 Å². The number of fused-ring (bicyclic) bond motifs is 1. The number of carbonyl (C=O) groups excluding carboxylic acids is 1. The normalized spacial score (nSPS) is 11.5. The molecular weight excluding hydrogens is 382 g/mol. The summed E-state index contributed by atoms with van der Waals surface area (Å²) in [5, 5.41) is 3.79. The first kappa shape index (κ1) is 19.3. The zero-order valence-electron chi connectivity index (χ0n) is 15.2. The average molecular weight is 404 g/mol. The van der Waals surface area contributed by atoms with Crippen LogP contribution in [0.25, 0.3) is 10.2 Å². The van der Waals surface area contributed by atoms with E-state index >= 15 is 0 Å². The molecule has 0 aliphatic carbocycles. The van der Waals surface area contributed by atoms with Gasteiger partial charge in [0.1, 0.15) is 0 Å². The van der Waals surface area contributed by atoms with Crippen molar-refractivity contribution in [1.82, 2.24) is 4.98 Å². The molecule has 6 nitrogen and oxygen atoms in total. The molecular formula is C19H21N3O3S2. The van der Waals surface area contributed by atoms with Crippen molar-refractivity contribution in [3.63, 3.8) is 0 Å². The predicted molar refractivity (Wildman–Crippen MR) is 111 cm³/mol. The van der Waals surface area contributed by atoms with Crippen molar-refractivity contribution in [2.45, 2.75) is 26.7 Å². The fourth-order valence-corrected chi connectivity index (χ4v) is 4.24. The zero-order valence-corrected chi connectivity index (χ0v) is 16.8. The fraction of sp³-hybridized carbons (Fsp3) is 0.263. The van der Waals surface area contributed by atoms with Gasteiger partial charge in [-0.15, -0.1) is 11.3 Å². The van der Waals surface area contributed by atoms with Gasteiger partial charge < -0.3 is 5.32 Å². The number of nitrogens with zero attached hydrogens (tertiary/aromatic N) is 1. The molecule has 0 aliphatic heterocycles. The van der Waals surface area contributed by atoms with Crippen LogP contribution in [0.3, 0.4) is 0 Å². The van der Waals surface area contributed by atoms with Gasteiger partial charge in [0, 0.05) is 18.5 Å². The molecule has 1 aromatic heterocycles. The number of thiazole rings is 1. The zero-order chi connectivity index (χ0) is 19.4. The summed E-state index contributed by atoms with van der Waals surface area (Å²) in [4.78, 5) is 16.8. The maximum absolute atomic E-state index is 12.2. The SMILES string of the molecule is CCS(=O)(=O)Nc1ccc(NC(=O)CCc2nc3ccccc3s2)cc1C. The lowest BCUT2D eigenvalue weighted by molar-refractivity contribution is -0.116. The summed E-state index contributed by atoms with van der Waals surface area (Å²) in [7, 11) is -3.32. The summed E-state index contributed by atoms with van der Waals surface area (Å²) >= 11 is 1.60. The Bertz CT molecular complexity index is 1040. The van der Waals surface area contributed by atoms with Crippen molar-refractivity contribution in [2.24, 2.45) is 0 Å². The van der Waals surface area contributed by atoms with Crippen LogP contribution in [0.2, 0.25) is 0 Å². The quantitative estimate of drug-likeness (QED) is 0.625. The molecule has 3 rings (SSSR count). The molecule has 0 spiro atoms. The summed E-state index contributed by atoms with van der Waals surface area (Å²) in [6.45, 7) is 3.38. The van der Waals surface area contributed by atoms with Crippen LogP contribution in [0, 0.1) is 6.92 Å². The number of hydrogen-bond acceptors (Lipinski definition) is 5. The van der Waals surface area contributed by atoms with E-state index in [0.717, 1.165) is 20.8 Å². The van der Waals surface area contributed by atoms with Gasteiger partial charge >= 0.3 is 0 Å². The highest BCUT2D eigenvalue weighted by atomic mass is 32.2. The molecule has 0 atom stereocenters. The standard InChI is InChI=1S/C19H21N3O3S2/c1-3-27(24,25)22-15-9-8-14(12-13(15)2)20-18(23)10-11-19-21-16-6-4-5-7-17(16)26-19/h4-9,12,22H,3,10-11H2,1-2H3,(H,20,23). The molecule has 0 fully saturated rings. The lowest BCUT2D eigenvalue weighted by atomic mass is 10.2. The second-order valence-corrected chi connectivity index (χ2v) is 9.28. The maximum Gasteiger partial charge on any atom is 0.232 e. The van der Waals surface area contributed by atoms with Gasteiger partial charge in [-0.3, -0.25) is 9.52 Å². The Morgan fingerprint density at radius 3 is 2.67 bits per heavy atom. The Morgan fingerprint density at radius 1 is 1.19 bits per heavy atom. The number of hydrogen-bond donors (Lipinski definition) is 2. The largest absolute Gasteiger partial charge is 0.326 e. The van der Waals surface area contributed by atoms with Crippen molar-refractivity contribution in [1.29, 1.82) is 0 Å². The number of rotatable bonds is 7. The lowest BCUT2D eigenvalue weighted by Crippen LogP contribution is -2.16. The van der Waals surface area contributed by atoms with Crippen molar-refractivity contribution in [2.75, 3.05) is 15.8 Å². The number of aryl methyl sites for hydroxylation is 2. The molecule has 1 heterocycles. The third kappa shape index (κ3) is 5.05. The monoisotopic (exact) mass is 403 g/mol. The third-order valence-electron chi connectivity index (χ3n) is 4.06. The summed E-state index contributed by atoms with van der Waals surface area (Å²) in [5.74, 6) is -0.0907. The van der Waals surface area contributed by atoms with Gasteiger partial charge in [-0.2, -0.15) is 0 Å². The molecule has 0 bridgehead atoms. The van der Waals surface area contributed by atoms with E-state index in [2.05, 4.69) is 15.0 Å². The molecule has 8 heteroatoms. The van der Waals surface area contributed by atoms with Gasteiger partial charge in [-0.05, 0) is 49.7 Å². The van der Waals surface area contributed by atoms with Crippen molar-refractivity contribution >= 4 is 48.9 Å². The Kier molecular flexibility index (Phi) is 5.76. The van der Waals surface area contributed by atoms with Gasteiger partial charge in [-0.25, -0.2) is 13.4 Å². The van der Waals surface area contributed by atoms with Crippen LogP contribution in [0.15, 0.2) is 42.5 Å². The van der Waals surface area contributed by atoms with Crippen molar-refractivity contribution in [3.8, 4) is 0 Å². The van der Waals surface area contributed by atoms with E-state index in [-0.39, 0.29) is 11.7 Å². The number of carbonyl (C=O) groups is 1. The minimum absolute atomic E-state index is 0.0106. The fourth-order valence-electron chi connectivity index (χ4n) is 2.57. The van der Waals surface area contributed by atoms with Gasteiger partial charge in [-0.1, -0.05) is 12.1 Å². The molecule has 0 unspecified atom stereocenters. The molecule has 142 valence electrons. The Morgan fingerprint density at radius 2 is 1.96 bits per heavy atom. The number of benzene rings is 2. The van der Waals surface area contributed by atoms with E-state index in [0.29, 0.717) is 24.2 Å². The summed E-state index contributed by atoms with van der Waals surface area (Å²) in [6, 6.07) is 13.0. The number of amides is 1. The van der Waals surface area contributed by atoms with Crippen LogP contribution < -0.4 is 10.0 Å². The summed E-state index contributed by atoms with van der Waals surface area (Å²) in [5.41, 5.74) is 2.86. The van der Waals surface area contributed by atoms with Gasteiger partial charge in [0.25, 0.3) is 0 Å². The first-order valence-electron chi connectivity index (χ1n) is 8.62. The molecule has 1 amide bonds. The van der Waals surface area contributed by atoms with E-state index in [9.17, 15) is 13.2 Å². The number of nitrogens with one attached hydrogen (secondary N) is 2. The van der Waals surface area contributed by atoms with E-state index in [4.69, 9.17) is 0 Å². The third-order valence-corrected chi connectivity index (χ3v) is 6.45. The van der Waals surface area contributed by atoms with Crippen molar-refractivity contribution < 1.29 is 13.2 Å². The number of para-hydroxylation sites is 1. The molecule has 2 aromatic carbocycles. The second kappa shape index (κ2) is 8.06. The summed E-state index contributed by atoms with van der Waals surface area (Å²) in [6.07, 6.45) is 0.918. The molecule has 0 saturated carbocycles. The first-order chi connectivity index (χ1) is 12.9. The van der Waals surface area contributed by atoms with Gasteiger partial charge in [0.05, 0.1) is 26.7 Å². The van der Waals surface area contributed by atoms with Crippen LogP contribution in [-0.2, 0) is 21.2 Å². The highest BCUT2D eigenvalue weighted by Gasteiger charge is 2.11. The molecule has 27 heavy (non-hydrogen) atoms. The van der Waals surface area contributed by atoms with E-state index in [1.807, 2.05) is 24.3 Å². The Labute approximate surface area is 162 Å². The smallest absolute Gasteiger partial charge is 0.232 e. The van der Waals surface area contributed by atoms with Crippen LogP contribution >= 0.6 is 11.3 Å². The van der Waals surface area contributed by atoms with Crippen molar-refractivity contribution in [3.05, 3.63) is 53.0 Å². The van der Waals surface area contributed by atoms with Gasteiger partial charge in [0.15, 0.2) is 0 Å². The number of anilines is 2. The minimum atomic E-state index is -3.32. The van der Waals surface area contributed by atoms with Crippen LogP contribution in [0.4, 0.5) is 11.4 Å². The highest BCUT2D eigenvalue weighted by molar-refractivity contribution is 7.92. The van der Waals surface area contributed by atoms with Crippen LogP contribution in [0.1, 0.15) is 23.9 Å². The molecule has 0 radical (unpaired) electrons. The Balaban J connectivity index is 1.59. The minimum Gasteiger partial charge on any atom is -0.326 e. The Hall–Kier alpha value is -2.45.